The molecule has 0 saturated carbocycles. The molecule has 0 amide bonds. The average Bonchev–Trinajstić information content (AvgIpc) is 1.79. The molecule has 0 rings (SSSR count). The molecule has 0 spiro atoms. The predicted octanol–water partition coefficient (Wildman–Crippen LogP) is 1.57. The van der Waals surface area contributed by atoms with E-state index in [9.17, 15) is 4.79 Å². The Kier molecular flexibility index (Phi) is 4.04. The van der Waals surface area contributed by atoms with Gasteiger partial charge in [0.2, 0.25) is 0 Å². The van der Waals surface area contributed by atoms with Crippen molar-refractivity contribution in [3.8, 4) is 0 Å². The largest absolute Gasteiger partial charge is 0.467 e. The highest BCUT2D eigenvalue weighted by Crippen LogP contribution is 1.90. The van der Waals surface area contributed by atoms with Gasteiger partial charge < -0.3 is 9.47 Å². The second-order valence-corrected chi connectivity index (χ2v) is 1.70. The fourth-order valence-electron chi connectivity index (χ4n) is 0.268. The molecule has 0 radical (unpaired) electrons. The molecule has 10 heavy (non-hydrogen) atoms. The van der Waals surface area contributed by atoms with E-state index in [1.54, 1.807) is 6.92 Å². The highest BCUT2D eigenvalue weighted by molar-refractivity contribution is 5.66. The van der Waals surface area contributed by atoms with Crippen molar-refractivity contribution in [2.24, 2.45) is 0 Å². The van der Waals surface area contributed by atoms with E-state index in [1.807, 2.05) is 0 Å². The lowest BCUT2D eigenvalue weighted by Crippen LogP contribution is -1.89. The highest BCUT2D eigenvalue weighted by Gasteiger charge is 1.83. The molecular formula is C7H10O3. The van der Waals surface area contributed by atoms with Crippen LogP contribution >= 0.6 is 0 Å². The van der Waals surface area contributed by atoms with Gasteiger partial charge in [-0.05, 0) is 6.92 Å². The summed E-state index contributed by atoms with van der Waals surface area (Å²) in [5.74, 6) is 0.171. The summed E-state index contributed by atoms with van der Waals surface area (Å²) in [6.07, 6.45) is 2.42. The molecule has 0 aromatic heterocycles. The molecular weight excluding hydrogens is 132 g/mol. The fourth-order valence-corrected chi connectivity index (χ4v) is 0.268. The molecule has 0 aromatic carbocycles. The maximum absolute atomic E-state index is 10.1. The number of allylic oxidation sites excluding steroid dienone is 1. The van der Waals surface area contributed by atoms with Crippen molar-refractivity contribution in [2.45, 2.75) is 13.8 Å². The second kappa shape index (κ2) is 4.61. The van der Waals surface area contributed by atoms with E-state index in [0.717, 1.165) is 6.26 Å². The van der Waals surface area contributed by atoms with Crippen LogP contribution in [-0.2, 0) is 14.3 Å². The van der Waals surface area contributed by atoms with Gasteiger partial charge >= 0.3 is 5.97 Å². The van der Waals surface area contributed by atoms with E-state index in [1.165, 1.54) is 13.2 Å². The third-order valence-electron chi connectivity index (χ3n) is 0.559. The summed E-state index contributed by atoms with van der Waals surface area (Å²) in [6.45, 7) is 6.46. The van der Waals surface area contributed by atoms with Crippen LogP contribution in [0.2, 0.25) is 0 Å². The van der Waals surface area contributed by atoms with Crippen LogP contribution in [0.15, 0.2) is 24.9 Å². The number of carbonyl (C=O) groups is 1. The first kappa shape index (κ1) is 8.75. The molecule has 0 N–H and O–H groups in total. The van der Waals surface area contributed by atoms with Crippen LogP contribution in [-0.4, -0.2) is 5.97 Å². The first-order valence-electron chi connectivity index (χ1n) is 2.77. The summed E-state index contributed by atoms with van der Waals surface area (Å²) >= 11 is 0. The van der Waals surface area contributed by atoms with Gasteiger partial charge in [-0.3, -0.25) is 4.79 Å². The number of esters is 1. The zero-order chi connectivity index (χ0) is 7.98. The quantitative estimate of drug-likeness (QED) is 0.443. The number of hydrogen-bond acceptors (Lipinski definition) is 3. The van der Waals surface area contributed by atoms with Crippen molar-refractivity contribution in [3.05, 3.63) is 24.9 Å². The summed E-state index contributed by atoms with van der Waals surface area (Å²) in [7, 11) is 0. The minimum Gasteiger partial charge on any atom is -0.467 e. The van der Waals surface area contributed by atoms with Gasteiger partial charge in [-0.25, -0.2) is 0 Å². The smallest absolute Gasteiger partial charge is 0.307 e. The Hall–Kier alpha value is -1.25. The third-order valence-corrected chi connectivity index (χ3v) is 0.559. The first-order valence-corrected chi connectivity index (χ1v) is 2.77. The Balaban J connectivity index is 3.38. The minimum absolute atomic E-state index is 0.374. The van der Waals surface area contributed by atoms with Gasteiger partial charge in [0.05, 0.1) is 5.76 Å². The molecule has 0 bridgehead atoms. The van der Waals surface area contributed by atoms with Gasteiger partial charge in [0.15, 0.2) is 0 Å². The Bertz CT molecular complexity index is 140. The van der Waals surface area contributed by atoms with Crippen molar-refractivity contribution < 1.29 is 14.3 Å². The van der Waals surface area contributed by atoms with Gasteiger partial charge in [-0.2, -0.15) is 0 Å². The zero-order valence-corrected chi connectivity index (χ0v) is 6.09. The van der Waals surface area contributed by atoms with E-state index >= 15 is 0 Å². The molecule has 0 aliphatic heterocycles. The lowest BCUT2D eigenvalue weighted by molar-refractivity contribution is -0.135. The first-order chi connectivity index (χ1) is 4.63. The number of hydrogen-bond donors (Lipinski definition) is 0. The highest BCUT2D eigenvalue weighted by atomic mass is 16.5. The van der Waals surface area contributed by atoms with Crippen molar-refractivity contribution in [2.75, 3.05) is 0 Å². The van der Waals surface area contributed by atoms with Crippen LogP contribution in [0.4, 0.5) is 0 Å². The monoisotopic (exact) mass is 142 g/mol. The Morgan fingerprint density at radius 3 is 2.20 bits per heavy atom. The zero-order valence-electron chi connectivity index (χ0n) is 6.09. The fraction of sp³-hybridized carbons (Fsp3) is 0.286. The van der Waals surface area contributed by atoms with Crippen LogP contribution in [0.5, 0.6) is 0 Å². The van der Waals surface area contributed by atoms with Crippen molar-refractivity contribution in [1.82, 2.24) is 0 Å². The molecule has 0 heterocycles. The van der Waals surface area contributed by atoms with Gasteiger partial charge in [0.1, 0.15) is 12.5 Å². The molecule has 3 nitrogen and oxygen atoms in total. The van der Waals surface area contributed by atoms with Crippen molar-refractivity contribution in [3.63, 3.8) is 0 Å². The minimum atomic E-state index is -0.374. The molecule has 0 aliphatic rings. The maximum atomic E-state index is 10.1. The van der Waals surface area contributed by atoms with E-state index < -0.39 is 0 Å². The standard InChI is InChI=1S/C7H10O3/c1-6(2)9-4-5-10-7(3)8/h4-5H,1H2,2-3H3/b5-4-. The second-order valence-electron chi connectivity index (χ2n) is 1.70. The number of ether oxygens (including phenoxy) is 2. The Morgan fingerprint density at radius 1 is 1.30 bits per heavy atom. The van der Waals surface area contributed by atoms with E-state index in [2.05, 4.69) is 11.3 Å². The van der Waals surface area contributed by atoms with Crippen molar-refractivity contribution in [1.29, 1.82) is 0 Å². The topological polar surface area (TPSA) is 35.5 Å². The molecule has 0 aliphatic carbocycles. The molecule has 56 valence electrons. The molecule has 0 atom stereocenters. The van der Waals surface area contributed by atoms with Crippen LogP contribution in [0.1, 0.15) is 13.8 Å². The van der Waals surface area contributed by atoms with Crippen LogP contribution in [0, 0.1) is 0 Å². The van der Waals surface area contributed by atoms with Crippen LogP contribution in [0.3, 0.4) is 0 Å². The van der Waals surface area contributed by atoms with Gasteiger partial charge in [-0.15, -0.1) is 0 Å². The predicted molar refractivity (Wildman–Crippen MR) is 36.8 cm³/mol. The lowest BCUT2D eigenvalue weighted by atomic mass is 10.7. The molecule has 0 fully saturated rings. The van der Waals surface area contributed by atoms with Gasteiger partial charge in [0, 0.05) is 6.92 Å². The summed E-state index contributed by atoms with van der Waals surface area (Å²) < 4.78 is 9.15. The average molecular weight is 142 g/mol. The maximum Gasteiger partial charge on any atom is 0.307 e. The summed E-state index contributed by atoms with van der Waals surface area (Å²) in [5, 5.41) is 0. The summed E-state index contributed by atoms with van der Waals surface area (Å²) in [6, 6.07) is 0. The Labute approximate surface area is 59.9 Å². The molecule has 0 saturated heterocycles. The van der Waals surface area contributed by atoms with Crippen molar-refractivity contribution >= 4 is 5.97 Å². The Morgan fingerprint density at radius 2 is 1.80 bits per heavy atom. The van der Waals surface area contributed by atoms with E-state index in [0.29, 0.717) is 5.76 Å². The molecule has 3 heteroatoms. The summed E-state index contributed by atoms with van der Waals surface area (Å²) in [5.41, 5.74) is 0. The van der Waals surface area contributed by atoms with E-state index in [4.69, 9.17) is 4.74 Å². The SMILES string of the molecule is C=C(C)O/C=C\OC(C)=O. The van der Waals surface area contributed by atoms with Gasteiger partial charge in [0.25, 0.3) is 0 Å². The van der Waals surface area contributed by atoms with Gasteiger partial charge in [-0.1, -0.05) is 6.58 Å². The van der Waals surface area contributed by atoms with Crippen LogP contribution < -0.4 is 0 Å². The summed E-state index contributed by atoms with van der Waals surface area (Å²) in [4.78, 5) is 10.1. The molecule has 0 aromatic rings. The number of carbonyl (C=O) groups excluding carboxylic acids is 1. The molecule has 0 unspecified atom stereocenters. The van der Waals surface area contributed by atoms with E-state index in [-0.39, 0.29) is 5.97 Å². The number of rotatable bonds is 3. The van der Waals surface area contributed by atoms with Crippen LogP contribution in [0.25, 0.3) is 0 Å². The normalized spacial score (nSPS) is 9.40. The third kappa shape index (κ3) is 6.75. The lowest BCUT2D eigenvalue weighted by Gasteiger charge is -1.94.